The Morgan fingerprint density at radius 2 is 1.63 bits per heavy atom. The molecule has 3 heterocycles. The Morgan fingerprint density at radius 1 is 0.833 bits per heavy atom. The molecule has 0 aliphatic carbocycles. The molecule has 6 aromatic rings. The predicted octanol–water partition coefficient (Wildman–Crippen LogP) is 7.44. The first-order valence-electron chi connectivity index (χ1n) is 10.2. The number of nitrogens with one attached hydrogen (secondary N) is 1. The van der Waals surface area contributed by atoms with Crippen LogP contribution in [-0.2, 0) is 5.41 Å². The normalized spacial score (nSPS) is 12.5. The molecule has 3 aromatic carbocycles. The molecule has 3 nitrogen and oxygen atoms in total. The summed E-state index contributed by atoms with van der Waals surface area (Å²) < 4.78 is 2.64. The maximum Gasteiger partial charge on any atom is 0.161 e. The van der Waals surface area contributed by atoms with Gasteiger partial charge in [-0.05, 0) is 41.3 Å². The van der Waals surface area contributed by atoms with Crippen LogP contribution in [0.25, 0.3) is 53.4 Å². The van der Waals surface area contributed by atoms with Crippen molar-refractivity contribution in [2.75, 3.05) is 0 Å². The highest BCUT2D eigenvalue weighted by molar-refractivity contribution is 7.26. The lowest BCUT2D eigenvalue weighted by atomic mass is 9.86. The predicted molar refractivity (Wildman–Crippen MR) is 128 cm³/mol. The smallest absolute Gasteiger partial charge is 0.161 e. The molecular formula is C26H21N3S. The van der Waals surface area contributed by atoms with Gasteiger partial charge in [0.2, 0.25) is 0 Å². The minimum atomic E-state index is 0.110. The third kappa shape index (κ3) is 2.50. The molecule has 0 bridgehead atoms. The topological polar surface area (TPSA) is 41.6 Å². The van der Waals surface area contributed by atoms with E-state index in [1.807, 2.05) is 29.8 Å². The minimum Gasteiger partial charge on any atom is -0.354 e. The zero-order valence-corrected chi connectivity index (χ0v) is 18.0. The van der Waals surface area contributed by atoms with Crippen LogP contribution in [0.5, 0.6) is 0 Å². The van der Waals surface area contributed by atoms with Crippen molar-refractivity contribution in [2.45, 2.75) is 26.2 Å². The van der Waals surface area contributed by atoms with Crippen LogP contribution in [-0.4, -0.2) is 15.0 Å². The van der Waals surface area contributed by atoms with Crippen LogP contribution in [0, 0.1) is 0 Å². The van der Waals surface area contributed by atoms with Crippen molar-refractivity contribution in [1.29, 1.82) is 0 Å². The maximum atomic E-state index is 4.57. The summed E-state index contributed by atoms with van der Waals surface area (Å²) in [5, 5.41) is 5.11. The molecule has 0 fully saturated rings. The Kier molecular flexibility index (Phi) is 3.60. The van der Waals surface area contributed by atoms with Crippen LogP contribution in [0.3, 0.4) is 0 Å². The SMILES string of the molecule is CC(C)(C)c1ccc2sc3c(cc(-c4ncccn4)c4[nH]c5ccccc5c43)c2c1. The number of aromatic nitrogens is 3. The van der Waals surface area contributed by atoms with Gasteiger partial charge in [0, 0.05) is 54.4 Å². The first kappa shape index (κ1) is 17.6. The molecule has 6 rings (SSSR count). The molecule has 0 atom stereocenters. The number of hydrogen-bond acceptors (Lipinski definition) is 3. The number of fused-ring (bicyclic) bond motifs is 7. The van der Waals surface area contributed by atoms with E-state index in [-0.39, 0.29) is 5.41 Å². The molecule has 0 saturated heterocycles. The number of para-hydroxylation sites is 1. The second-order valence-corrected chi connectivity index (χ2v) is 9.91. The lowest BCUT2D eigenvalue weighted by Gasteiger charge is -2.18. The fraction of sp³-hybridized carbons (Fsp3) is 0.154. The summed E-state index contributed by atoms with van der Waals surface area (Å²) in [6.45, 7) is 6.80. The number of thiophene rings is 1. The Bertz CT molecular complexity index is 1570. The zero-order valence-electron chi connectivity index (χ0n) is 17.2. The first-order chi connectivity index (χ1) is 14.5. The highest BCUT2D eigenvalue weighted by Crippen LogP contribution is 2.45. The van der Waals surface area contributed by atoms with E-state index < -0.39 is 0 Å². The fourth-order valence-corrected chi connectivity index (χ4v) is 5.55. The molecule has 0 radical (unpaired) electrons. The van der Waals surface area contributed by atoms with Crippen molar-refractivity contribution in [3.8, 4) is 11.4 Å². The van der Waals surface area contributed by atoms with Gasteiger partial charge >= 0.3 is 0 Å². The first-order valence-corrected chi connectivity index (χ1v) is 11.0. The monoisotopic (exact) mass is 407 g/mol. The second-order valence-electron chi connectivity index (χ2n) is 8.86. The number of nitrogens with zero attached hydrogens (tertiary/aromatic N) is 2. The van der Waals surface area contributed by atoms with Gasteiger partial charge in [0.25, 0.3) is 0 Å². The van der Waals surface area contributed by atoms with Crippen molar-refractivity contribution >= 4 is 53.3 Å². The Balaban J connectivity index is 1.83. The summed E-state index contributed by atoms with van der Waals surface area (Å²) in [6.07, 6.45) is 3.62. The van der Waals surface area contributed by atoms with Gasteiger partial charge in [-0.25, -0.2) is 9.97 Å². The molecule has 0 aliphatic heterocycles. The maximum absolute atomic E-state index is 4.57. The Labute approximate surface area is 178 Å². The molecule has 1 N–H and O–H groups in total. The van der Waals surface area contributed by atoms with Crippen LogP contribution in [0.1, 0.15) is 26.3 Å². The summed E-state index contributed by atoms with van der Waals surface area (Å²) in [7, 11) is 0. The Morgan fingerprint density at radius 3 is 2.43 bits per heavy atom. The molecule has 4 heteroatoms. The van der Waals surface area contributed by atoms with Crippen LogP contribution in [0.15, 0.2) is 67.0 Å². The Hall–Kier alpha value is -3.24. The molecule has 0 saturated carbocycles. The lowest BCUT2D eigenvalue weighted by Crippen LogP contribution is -2.10. The number of H-pyrrole nitrogens is 1. The van der Waals surface area contributed by atoms with E-state index in [1.54, 1.807) is 0 Å². The molecule has 30 heavy (non-hydrogen) atoms. The summed E-state index contributed by atoms with van der Waals surface area (Å²) >= 11 is 1.87. The average molecular weight is 408 g/mol. The van der Waals surface area contributed by atoms with Gasteiger partial charge in [0.1, 0.15) is 0 Å². The summed E-state index contributed by atoms with van der Waals surface area (Å²) in [5.41, 5.74) is 4.77. The van der Waals surface area contributed by atoms with Gasteiger partial charge < -0.3 is 4.98 Å². The average Bonchev–Trinajstić information content (AvgIpc) is 3.31. The van der Waals surface area contributed by atoms with Crippen LogP contribution in [0.2, 0.25) is 0 Å². The van der Waals surface area contributed by atoms with Crippen molar-refractivity contribution in [3.63, 3.8) is 0 Å². The summed E-state index contributed by atoms with van der Waals surface area (Å²) in [5.74, 6) is 0.752. The number of rotatable bonds is 1. The number of hydrogen-bond donors (Lipinski definition) is 1. The van der Waals surface area contributed by atoms with Gasteiger partial charge in [0.15, 0.2) is 5.82 Å². The van der Waals surface area contributed by atoms with Gasteiger partial charge in [-0.2, -0.15) is 0 Å². The number of aromatic amines is 1. The fourth-order valence-electron chi connectivity index (χ4n) is 4.32. The van der Waals surface area contributed by atoms with Gasteiger partial charge in [0.05, 0.1) is 5.52 Å². The van der Waals surface area contributed by atoms with Crippen LogP contribution in [0.4, 0.5) is 0 Å². The van der Waals surface area contributed by atoms with Crippen molar-refractivity contribution in [1.82, 2.24) is 15.0 Å². The van der Waals surface area contributed by atoms with Crippen molar-refractivity contribution in [2.24, 2.45) is 0 Å². The molecule has 0 unspecified atom stereocenters. The van der Waals surface area contributed by atoms with Crippen LogP contribution >= 0.6 is 11.3 Å². The third-order valence-electron chi connectivity index (χ3n) is 5.89. The number of benzene rings is 3. The van der Waals surface area contributed by atoms with E-state index in [2.05, 4.69) is 84.3 Å². The standard InChI is InChI=1S/C26H21N3S/c1-26(2,3)15-9-10-21-17(13-15)18-14-19(25-27-11-6-12-28-25)23-22(24(18)30-21)16-7-4-5-8-20(16)29-23/h4-14,29H,1-3H3. The van der Waals surface area contributed by atoms with E-state index in [1.165, 1.54) is 36.5 Å². The van der Waals surface area contributed by atoms with E-state index >= 15 is 0 Å². The zero-order chi connectivity index (χ0) is 20.5. The van der Waals surface area contributed by atoms with E-state index in [0.29, 0.717) is 0 Å². The van der Waals surface area contributed by atoms with Gasteiger partial charge in [-0.15, -0.1) is 11.3 Å². The molecule has 0 spiro atoms. The highest BCUT2D eigenvalue weighted by atomic mass is 32.1. The minimum absolute atomic E-state index is 0.110. The van der Waals surface area contributed by atoms with Crippen molar-refractivity contribution in [3.05, 3.63) is 72.6 Å². The largest absolute Gasteiger partial charge is 0.354 e. The molecule has 146 valence electrons. The summed E-state index contributed by atoms with van der Waals surface area (Å²) in [6, 6.07) is 19.6. The van der Waals surface area contributed by atoms with E-state index in [0.717, 1.165) is 22.4 Å². The molecule has 3 aromatic heterocycles. The van der Waals surface area contributed by atoms with Crippen LogP contribution < -0.4 is 0 Å². The van der Waals surface area contributed by atoms with E-state index in [9.17, 15) is 0 Å². The second kappa shape index (κ2) is 6.13. The molecule has 0 amide bonds. The van der Waals surface area contributed by atoms with Crippen molar-refractivity contribution < 1.29 is 0 Å². The quantitative estimate of drug-likeness (QED) is 0.308. The highest BCUT2D eigenvalue weighted by Gasteiger charge is 2.20. The molecule has 0 aliphatic rings. The molecular weight excluding hydrogens is 386 g/mol. The van der Waals surface area contributed by atoms with E-state index in [4.69, 9.17) is 0 Å². The lowest BCUT2D eigenvalue weighted by molar-refractivity contribution is 0.591. The van der Waals surface area contributed by atoms with Gasteiger partial charge in [-0.3, -0.25) is 0 Å². The summed E-state index contributed by atoms with van der Waals surface area (Å²) in [4.78, 5) is 12.8. The van der Waals surface area contributed by atoms with Gasteiger partial charge in [-0.1, -0.05) is 45.0 Å². The third-order valence-corrected chi connectivity index (χ3v) is 7.09.